The Morgan fingerprint density at radius 1 is 1.29 bits per heavy atom. The second-order valence-electron chi connectivity index (χ2n) is 6.78. The highest BCUT2D eigenvalue weighted by Gasteiger charge is 2.16. The molecule has 0 aliphatic heterocycles. The van der Waals surface area contributed by atoms with Crippen molar-refractivity contribution in [3.8, 4) is 5.75 Å². The van der Waals surface area contributed by atoms with Crippen LogP contribution in [0.4, 0.5) is 3.89 Å². The number of phenolic OH excluding ortho intramolecular Hbond substituents is 1. The van der Waals surface area contributed by atoms with Crippen LogP contribution in [0, 0.1) is 0 Å². The van der Waals surface area contributed by atoms with Crippen LogP contribution >= 0.6 is 12.1 Å². The van der Waals surface area contributed by atoms with Gasteiger partial charge in [-0.1, -0.05) is 64.1 Å². The Labute approximate surface area is 174 Å². The number of rotatable bonds is 12. The first-order valence-corrected chi connectivity index (χ1v) is 10.4. The van der Waals surface area contributed by atoms with E-state index in [9.17, 15) is 8.99 Å². The predicted molar refractivity (Wildman–Crippen MR) is 121 cm³/mol. The summed E-state index contributed by atoms with van der Waals surface area (Å²) in [6, 6.07) is 7.42. The molecule has 0 bridgehead atoms. The molecule has 28 heavy (non-hydrogen) atoms. The molecule has 1 aromatic rings. The largest absolute Gasteiger partial charge is 0.507 e. The summed E-state index contributed by atoms with van der Waals surface area (Å²) in [6.07, 6.45) is 7.64. The molecule has 0 atom stereocenters. The van der Waals surface area contributed by atoms with Crippen molar-refractivity contribution in [3.05, 3.63) is 71.6 Å². The molecule has 1 aromatic carbocycles. The predicted octanol–water partition coefficient (Wildman–Crippen LogP) is 6.77. The van der Waals surface area contributed by atoms with Gasteiger partial charge in [-0.05, 0) is 37.5 Å². The summed E-state index contributed by atoms with van der Waals surface area (Å²) in [4.78, 5) is 2.37. The average Bonchev–Trinajstić information content (AvgIpc) is 2.68. The van der Waals surface area contributed by atoms with E-state index in [4.69, 9.17) is 0 Å². The molecule has 3 nitrogen and oxygen atoms in total. The van der Waals surface area contributed by atoms with E-state index in [0.717, 1.165) is 37.2 Å². The zero-order valence-electron chi connectivity index (χ0n) is 17.5. The van der Waals surface area contributed by atoms with Crippen LogP contribution in [0.2, 0.25) is 0 Å². The monoisotopic (exact) mass is 404 g/mol. The molecule has 0 spiro atoms. The molecule has 0 heterocycles. The summed E-state index contributed by atoms with van der Waals surface area (Å²) in [5.41, 5.74) is 2.10. The van der Waals surface area contributed by atoms with Gasteiger partial charge in [0, 0.05) is 24.4 Å². The van der Waals surface area contributed by atoms with Crippen LogP contribution in [0.5, 0.6) is 5.75 Å². The molecule has 0 aliphatic rings. The fraction of sp³-hybridized carbons (Fsp3) is 0.391. The quantitative estimate of drug-likeness (QED) is 0.377. The summed E-state index contributed by atoms with van der Waals surface area (Å²) in [7, 11) is 1.89. The lowest BCUT2D eigenvalue weighted by Crippen LogP contribution is -2.35. The van der Waals surface area contributed by atoms with Crippen molar-refractivity contribution in [2.24, 2.45) is 0 Å². The van der Waals surface area contributed by atoms with E-state index in [1.807, 2.05) is 37.1 Å². The Kier molecular flexibility index (Phi) is 10.5. The lowest BCUT2D eigenvalue weighted by atomic mass is 10.0. The average molecular weight is 405 g/mol. The number of para-hydroxylation sites is 1. The number of hydrogen-bond acceptors (Lipinski definition) is 4. The van der Waals surface area contributed by atoms with Crippen LogP contribution < -0.4 is 5.32 Å². The molecular weight excluding hydrogens is 371 g/mol. The van der Waals surface area contributed by atoms with Gasteiger partial charge in [0.15, 0.2) is 0 Å². The SMILES string of the molecule is C=C/C(SF)=C(/C)N(C)/C(=C\C(=C)c1ccccc1O)NC(CCC)CCC. The van der Waals surface area contributed by atoms with Gasteiger partial charge in [-0.2, -0.15) is 3.89 Å². The highest BCUT2D eigenvalue weighted by Crippen LogP contribution is 2.28. The summed E-state index contributed by atoms with van der Waals surface area (Å²) in [6.45, 7) is 14.0. The first-order chi connectivity index (χ1) is 13.4. The normalized spacial score (nSPS) is 12.6. The minimum absolute atomic E-state index is 0.183. The fourth-order valence-electron chi connectivity index (χ4n) is 3.00. The molecular formula is C23H33FN2OS. The fourth-order valence-corrected chi connectivity index (χ4v) is 3.31. The maximum Gasteiger partial charge on any atom is 0.123 e. The smallest absolute Gasteiger partial charge is 0.123 e. The zero-order chi connectivity index (χ0) is 21.1. The molecule has 0 amide bonds. The molecule has 1 rings (SSSR count). The Balaban J connectivity index is 3.33. The second kappa shape index (κ2) is 12.3. The maximum absolute atomic E-state index is 13.3. The van der Waals surface area contributed by atoms with E-state index in [1.54, 1.807) is 12.1 Å². The van der Waals surface area contributed by atoms with E-state index in [2.05, 4.69) is 32.3 Å². The Hall–Kier alpha value is -2.14. The molecule has 154 valence electrons. The number of nitrogens with one attached hydrogen (secondary N) is 1. The number of allylic oxidation sites excluding steroid dienone is 4. The van der Waals surface area contributed by atoms with E-state index in [0.29, 0.717) is 22.1 Å². The molecule has 0 radical (unpaired) electrons. The highest BCUT2D eigenvalue weighted by molar-refractivity contribution is 7.98. The van der Waals surface area contributed by atoms with Crippen LogP contribution in [0.3, 0.4) is 0 Å². The van der Waals surface area contributed by atoms with Gasteiger partial charge in [-0.15, -0.1) is 0 Å². The minimum atomic E-state index is 0.183. The van der Waals surface area contributed by atoms with Crippen molar-refractivity contribution >= 4 is 17.7 Å². The van der Waals surface area contributed by atoms with Gasteiger partial charge >= 0.3 is 0 Å². The summed E-state index contributed by atoms with van der Waals surface area (Å²) < 4.78 is 13.3. The van der Waals surface area contributed by atoms with Gasteiger partial charge in [-0.25, -0.2) is 0 Å². The third-order valence-electron chi connectivity index (χ3n) is 4.68. The Bertz CT molecular complexity index is 721. The first-order valence-electron chi connectivity index (χ1n) is 9.70. The minimum Gasteiger partial charge on any atom is -0.507 e. The topological polar surface area (TPSA) is 35.5 Å². The molecule has 0 unspecified atom stereocenters. The number of hydrogen-bond donors (Lipinski definition) is 2. The Morgan fingerprint density at radius 3 is 2.39 bits per heavy atom. The number of benzene rings is 1. The van der Waals surface area contributed by atoms with Crippen molar-refractivity contribution in [2.75, 3.05) is 7.05 Å². The van der Waals surface area contributed by atoms with Crippen LogP contribution in [-0.2, 0) is 0 Å². The van der Waals surface area contributed by atoms with Gasteiger partial charge in [0.05, 0.1) is 17.1 Å². The number of halogens is 1. The number of nitrogens with zero attached hydrogens (tertiary/aromatic N) is 1. The molecule has 5 heteroatoms. The van der Waals surface area contributed by atoms with Gasteiger partial charge in [0.25, 0.3) is 0 Å². The Morgan fingerprint density at radius 2 is 1.89 bits per heavy atom. The van der Waals surface area contributed by atoms with E-state index in [1.165, 1.54) is 6.08 Å². The molecule has 0 saturated carbocycles. The third-order valence-corrected chi connectivity index (χ3v) is 5.31. The van der Waals surface area contributed by atoms with Crippen molar-refractivity contribution < 1.29 is 8.99 Å². The molecule has 0 aromatic heterocycles. The number of aromatic hydroxyl groups is 1. The second-order valence-corrected chi connectivity index (χ2v) is 7.37. The molecule has 0 fully saturated rings. The van der Waals surface area contributed by atoms with Gasteiger partial charge in [0.2, 0.25) is 0 Å². The summed E-state index contributed by atoms with van der Waals surface area (Å²) >= 11 is 0.183. The molecule has 2 N–H and O–H groups in total. The van der Waals surface area contributed by atoms with E-state index in [-0.39, 0.29) is 17.9 Å². The number of phenols is 1. The van der Waals surface area contributed by atoms with Crippen molar-refractivity contribution in [1.82, 2.24) is 10.2 Å². The first kappa shape index (κ1) is 23.9. The standard InChI is InChI=1S/C23H33FN2OS/c1-7-12-19(13-8-2)25-23(26(6)18(5)22(9-3)28-24)16-17(4)20-14-10-11-15-21(20)27/h9-11,14-16,19,25,27H,3-4,7-8,12-13H2,1-2,5-6H3/b22-18+,23-16-. The lowest BCUT2D eigenvalue weighted by molar-refractivity contribution is 0.398. The van der Waals surface area contributed by atoms with Crippen molar-refractivity contribution in [1.29, 1.82) is 0 Å². The van der Waals surface area contributed by atoms with E-state index >= 15 is 0 Å². The van der Waals surface area contributed by atoms with Crippen LogP contribution in [0.25, 0.3) is 5.57 Å². The van der Waals surface area contributed by atoms with E-state index < -0.39 is 0 Å². The van der Waals surface area contributed by atoms with Gasteiger partial charge in [0.1, 0.15) is 11.6 Å². The zero-order valence-corrected chi connectivity index (χ0v) is 18.3. The van der Waals surface area contributed by atoms with Crippen molar-refractivity contribution in [2.45, 2.75) is 52.5 Å². The van der Waals surface area contributed by atoms with Crippen LogP contribution in [0.1, 0.15) is 52.0 Å². The van der Waals surface area contributed by atoms with Gasteiger partial charge < -0.3 is 15.3 Å². The molecule has 0 saturated heterocycles. The molecule has 0 aliphatic carbocycles. The highest BCUT2D eigenvalue weighted by atomic mass is 32.2. The maximum atomic E-state index is 13.3. The van der Waals surface area contributed by atoms with Crippen LogP contribution in [0.15, 0.2) is 66.0 Å². The van der Waals surface area contributed by atoms with Crippen LogP contribution in [-0.4, -0.2) is 23.1 Å². The van der Waals surface area contributed by atoms with Gasteiger partial charge in [-0.3, -0.25) is 0 Å². The van der Waals surface area contributed by atoms with Crippen molar-refractivity contribution in [3.63, 3.8) is 0 Å². The third kappa shape index (κ3) is 6.79. The summed E-state index contributed by atoms with van der Waals surface area (Å²) in [5.74, 6) is 0.994. The lowest BCUT2D eigenvalue weighted by Gasteiger charge is -2.30. The summed E-state index contributed by atoms with van der Waals surface area (Å²) in [5, 5.41) is 13.8.